The summed E-state index contributed by atoms with van der Waals surface area (Å²) in [4.78, 5) is 13.7. The standard InChI is InChI=1S/C6H12N2O4/c1-3(5(9)10)2-8-4(7)6(11)12/h3,6,11-12H,2H2,1H3,(H2,7,8)(H,9,10). The molecule has 0 rings (SSSR count). The maximum atomic E-state index is 10.2. The zero-order valence-electron chi connectivity index (χ0n) is 6.64. The first-order valence-corrected chi connectivity index (χ1v) is 3.34. The van der Waals surface area contributed by atoms with Crippen LogP contribution in [-0.4, -0.2) is 40.0 Å². The average Bonchev–Trinajstić information content (AvgIpc) is 1.98. The largest absolute Gasteiger partial charge is 0.481 e. The van der Waals surface area contributed by atoms with E-state index in [-0.39, 0.29) is 12.4 Å². The van der Waals surface area contributed by atoms with Crippen LogP contribution in [-0.2, 0) is 4.79 Å². The predicted molar refractivity (Wildman–Crippen MR) is 41.5 cm³/mol. The molecule has 0 aliphatic heterocycles. The molecule has 0 bridgehead atoms. The highest BCUT2D eigenvalue weighted by Crippen LogP contribution is 1.95. The molecule has 0 saturated carbocycles. The number of carbonyl (C=O) groups is 1. The lowest BCUT2D eigenvalue weighted by molar-refractivity contribution is -0.140. The van der Waals surface area contributed by atoms with Gasteiger partial charge in [0.2, 0.25) is 6.29 Å². The number of hydrogen-bond donors (Lipinski definition) is 4. The van der Waals surface area contributed by atoms with Gasteiger partial charge in [0.15, 0.2) is 5.84 Å². The molecule has 0 aliphatic rings. The van der Waals surface area contributed by atoms with E-state index in [2.05, 4.69) is 4.99 Å². The highest BCUT2D eigenvalue weighted by Gasteiger charge is 2.10. The Morgan fingerprint density at radius 2 is 2.08 bits per heavy atom. The SMILES string of the molecule is CC(CN=C(N)C(O)O)C(=O)O. The van der Waals surface area contributed by atoms with Gasteiger partial charge in [0.05, 0.1) is 12.5 Å². The topological polar surface area (TPSA) is 116 Å². The van der Waals surface area contributed by atoms with Crippen molar-refractivity contribution in [3.63, 3.8) is 0 Å². The first kappa shape index (κ1) is 10.9. The molecule has 12 heavy (non-hydrogen) atoms. The van der Waals surface area contributed by atoms with Gasteiger partial charge >= 0.3 is 5.97 Å². The fraction of sp³-hybridized carbons (Fsp3) is 0.667. The van der Waals surface area contributed by atoms with Gasteiger partial charge in [0, 0.05) is 0 Å². The first-order valence-electron chi connectivity index (χ1n) is 3.34. The molecule has 0 aliphatic carbocycles. The van der Waals surface area contributed by atoms with Crippen molar-refractivity contribution in [2.24, 2.45) is 16.6 Å². The second-order valence-corrected chi connectivity index (χ2v) is 2.38. The Hall–Kier alpha value is -1.14. The van der Waals surface area contributed by atoms with Gasteiger partial charge in [-0.05, 0) is 0 Å². The lowest BCUT2D eigenvalue weighted by Gasteiger charge is -2.04. The molecular formula is C6H12N2O4. The summed E-state index contributed by atoms with van der Waals surface area (Å²) in [6, 6.07) is 0. The number of hydrogen-bond acceptors (Lipinski definition) is 4. The van der Waals surface area contributed by atoms with E-state index in [1.807, 2.05) is 0 Å². The van der Waals surface area contributed by atoms with E-state index in [0.29, 0.717) is 0 Å². The minimum absolute atomic E-state index is 0.0568. The van der Waals surface area contributed by atoms with E-state index < -0.39 is 18.2 Å². The van der Waals surface area contributed by atoms with Gasteiger partial charge in [0.25, 0.3) is 0 Å². The highest BCUT2D eigenvalue weighted by molar-refractivity contribution is 5.83. The third-order valence-corrected chi connectivity index (χ3v) is 1.23. The van der Waals surface area contributed by atoms with Crippen molar-refractivity contribution in [3.8, 4) is 0 Å². The molecule has 0 amide bonds. The number of aliphatic carboxylic acids is 1. The maximum Gasteiger partial charge on any atom is 0.308 e. The van der Waals surface area contributed by atoms with Crippen LogP contribution in [0.5, 0.6) is 0 Å². The Bertz CT molecular complexity index is 190. The van der Waals surface area contributed by atoms with Crippen LogP contribution >= 0.6 is 0 Å². The molecule has 0 saturated heterocycles. The van der Waals surface area contributed by atoms with Gasteiger partial charge in [0.1, 0.15) is 0 Å². The number of rotatable bonds is 4. The van der Waals surface area contributed by atoms with Crippen LogP contribution in [0.3, 0.4) is 0 Å². The second-order valence-electron chi connectivity index (χ2n) is 2.38. The normalized spacial score (nSPS) is 14.8. The lowest BCUT2D eigenvalue weighted by atomic mass is 10.2. The number of nitrogens with zero attached hydrogens (tertiary/aromatic N) is 1. The molecule has 0 spiro atoms. The van der Waals surface area contributed by atoms with Gasteiger partial charge < -0.3 is 21.1 Å². The van der Waals surface area contributed by atoms with Crippen LogP contribution < -0.4 is 5.73 Å². The van der Waals surface area contributed by atoms with Crippen molar-refractivity contribution in [3.05, 3.63) is 0 Å². The third kappa shape index (κ3) is 3.89. The summed E-state index contributed by atoms with van der Waals surface area (Å²) in [5.41, 5.74) is 5.02. The van der Waals surface area contributed by atoms with E-state index in [9.17, 15) is 4.79 Å². The molecule has 0 aromatic carbocycles. The summed E-state index contributed by atoms with van der Waals surface area (Å²) in [6.07, 6.45) is -1.81. The van der Waals surface area contributed by atoms with Crippen LogP contribution in [0.4, 0.5) is 0 Å². The van der Waals surface area contributed by atoms with Crippen LogP contribution in [0, 0.1) is 5.92 Å². The van der Waals surface area contributed by atoms with Crippen molar-refractivity contribution in [2.75, 3.05) is 6.54 Å². The van der Waals surface area contributed by atoms with E-state index in [1.54, 1.807) is 0 Å². The predicted octanol–water partition coefficient (Wildman–Crippen LogP) is -1.62. The molecule has 0 radical (unpaired) electrons. The third-order valence-electron chi connectivity index (χ3n) is 1.23. The molecule has 0 heterocycles. The summed E-state index contributed by atoms with van der Waals surface area (Å²) in [7, 11) is 0. The van der Waals surface area contributed by atoms with Crippen LogP contribution in [0.15, 0.2) is 4.99 Å². The molecule has 6 heteroatoms. The second kappa shape index (κ2) is 4.68. The minimum Gasteiger partial charge on any atom is -0.481 e. The quantitative estimate of drug-likeness (QED) is 0.233. The molecule has 70 valence electrons. The summed E-state index contributed by atoms with van der Waals surface area (Å²) in [6.45, 7) is 1.39. The number of aliphatic hydroxyl groups excluding tert-OH is 1. The van der Waals surface area contributed by atoms with Gasteiger partial charge in [-0.1, -0.05) is 6.92 Å². The number of carboxylic acid groups (broad SMARTS) is 1. The van der Waals surface area contributed by atoms with E-state index in [0.717, 1.165) is 0 Å². The van der Waals surface area contributed by atoms with Crippen molar-refractivity contribution >= 4 is 11.8 Å². The number of aliphatic hydroxyl groups is 2. The fourth-order valence-corrected chi connectivity index (χ4v) is 0.402. The van der Waals surface area contributed by atoms with Crippen molar-refractivity contribution < 1.29 is 20.1 Å². The van der Waals surface area contributed by atoms with Crippen LogP contribution in [0.1, 0.15) is 6.92 Å². The Morgan fingerprint density at radius 3 is 2.42 bits per heavy atom. The molecule has 0 aromatic rings. The highest BCUT2D eigenvalue weighted by atomic mass is 16.5. The van der Waals surface area contributed by atoms with Crippen molar-refractivity contribution in [1.82, 2.24) is 0 Å². The zero-order chi connectivity index (χ0) is 9.72. The van der Waals surface area contributed by atoms with E-state index >= 15 is 0 Å². The molecule has 1 atom stereocenters. The molecule has 6 nitrogen and oxygen atoms in total. The summed E-state index contributed by atoms with van der Waals surface area (Å²) < 4.78 is 0. The van der Waals surface area contributed by atoms with Gasteiger partial charge in [-0.2, -0.15) is 0 Å². The average molecular weight is 176 g/mol. The smallest absolute Gasteiger partial charge is 0.308 e. The van der Waals surface area contributed by atoms with Gasteiger partial charge in [-0.3, -0.25) is 9.79 Å². The monoisotopic (exact) mass is 176 g/mol. The molecule has 1 unspecified atom stereocenters. The number of aliphatic imine (C=N–C) groups is 1. The van der Waals surface area contributed by atoms with Crippen LogP contribution in [0.25, 0.3) is 0 Å². The number of nitrogens with two attached hydrogens (primary N) is 1. The first-order chi connectivity index (χ1) is 5.45. The molecule has 5 N–H and O–H groups in total. The number of amidine groups is 1. The Morgan fingerprint density at radius 1 is 1.58 bits per heavy atom. The summed E-state index contributed by atoms with van der Waals surface area (Å²) in [5.74, 6) is -2.05. The Kier molecular flexibility index (Phi) is 4.24. The van der Waals surface area contributed by atoms with Crippen molar-refractivity contribution in [1.29, 1.82) is 0 Å². The van der Waals surface area contributed by atoms with E-state index in [1.165, 1.54) is 6.92 Å². The number of carboxylic acids is 1. The van der Waals surface area contributed by atoms with Crippen LogP contribution in [0.2, 0.25) is 0 Å². The summed E-state index contributed by atoms with van der Waals surface area (Å²) in [5, 5.41) is 25.2. The molecular weight excluding hydrogens is 164 g/mol. The minimum atomic E-state index is -1.81. The fourth-order valence-electron chi connectivity index (χ4n) is 0.402. The maximum absolute atomic E-state index is 10.2. The zero-order valence-corrected chi connectivity index (χ0v) is 6.64. The van der Waals surface area contributed by atoms with Gasteiger partial charge in [-0.25, -0.2) is 0 Å². The lowest BCUT2D eigenvalue weighted by Crippen LogP contribution is -2.29. The Balaban J connectivity index is 3.96. The molecule has 0 aromatic heterocycles. The Labute approximate surface area is 69.3 Å². The molecule has 0 fully saturated rings. The van der Waals surface area contributed by atoms with E-state index in [4.69, 9.17) is 21.1 Å². The van der Waals surface area contributed by atoms with Gasteiger partial charge in [-0.15, -0.1) is 0 Å². The van der Waals surface area contributed by atoms with Crippen molar-refractivity contribution in [2.45, 2.75) is 13.2 Å². The summed E-state index contributed by atoms with van der Waals surface area (Å²) >= 11 is 0.